The highest BCUT2D eigenvalue weighted by Crippen LogP contribution is 2.20. The SMILES string of the molecule is CNC(=O)c1nn(C)cc1NC(=O)c1cccc(Cn2nc(C)c(Cl)c2C)c1. The first kappa shape index (κ1) is 19.6. The van der Waals surface area contributed by atoms with Gasteiger partial charge in [-0.3, -0.25) is 19.0 Å². The Kier molecular flexibility index (Phi) is 5.51. The number of aromatic nitrogens is 4. The van der Waals surface area contributed by atoms with Crippen molar-refractivity contribution in [3.05, 3.63) is 63.7 Å². The molecule has 2 heterocycles. The van der Waals surface area contributed by atoms with Crippen LogP contribution in [-0.4, -0.2) is 38.4 Å². The fourth-order valence-electron chi connectivity index (χ4n) is 2.87. The van der Waals surface area contributed by atoms with E-state index in [0.717, 1.165) is 17.0 Å². The largest absolute Gasteiger partial charge is 0.354 e. The summed E-state index contributed by atoms with van der Waals surface area (Å²) in [6, 6.07) is 7.22. The Balaban J connectivity index is 1.81. The Morgan fingerprint density at radius 1 is 1.18 bits per heavy atom. The lowest BCUT2D eigenvalue weighted by Gasteiger charge is -2.08. The number of hydrogen-bond donors (Lipinski definition) is 2. The number of rotatable bonds is 5. The quantitative estimate of drug-likeness (QED) is 0.688. The van der Waals surface area contributed by atoms with Crippen molar-refractivity contribution in [3.8, 4) is 0 Å². The molecule has 3 rings (SSSR count). The molecule has 0 bridgehead atoms. The lowest BCUT2D eigenvalue weighted by atomic mass is 10.1. The highest BCUT2D eigenvalue weighted by Gasteiger charge is 2.18. The third-order valence-corrected chi connectivity index (χ3v) is 4.88. The van der Waals surface area contributed by atoms with E-state index in [9.17, 15) is 9.59 Å². The van der Waals surface area contributed by atoms with Crippen molar-refractivity contribution in [2.24, 2.45) is 7.05 Å². The maximum atomic E-state index is 12.7. The van der Waals surface area contributed by atoms with Gasteiger partial charge in [0.05, 0.1) is 28.6 Å². The van der Waals surface area contributed by atoms with Crippen molar-refractivity contribution >= 4 is 29.1 Å². The molecule has 0 aliphatic heterocycles. The van der Waals surface area contributed by atoms with Crippen LogP contribution in [0, 0.1) is 13.8 Å². The fourth-order valence-corrected chi connectivity index (χ4v) is 3.01. The van der Waals surface area contributed by atoms with Gasteiger partial charge in [0.2, 0.25) is 0 Å². The molecule has 9 heteroatoms. The number of carbonyl (C=O) groups excluding carboxylic acids is 2. The predicted molar refractivity (Wildman–Crippen MR) is 107 cm³/mol. The summed E-state index contributed by atoms with van der Waals surface area (Å²) < 4.78 is 3.28. The standard InChI is InChI=1S/C19H21ClN6O2/c1-11-16(20)12(2)26(23-11)9-13-6-5-7-14(8-13)18(27)22-15-10-25(4)24-17(15)19(28)21-3/h5-8,10H,9H2,1-4H3,(H,21,28)(H,22,27). The van der Waals surface area contributed by atoms with Crippen LogP contribution >= 0.6 is 11.6 Å². The summed E-state index contributed by atoms with van der Waals surface area (Å²) in [6.45, 7) is 4.26. The molecule has 146 valence electrons. The molecule has 8 nitrogen and oxygen atoms in total. The molecule has 2 aromatic heterocycles. The fraction of sp³-hybridized carbons (Fsp3) is 0.263. The molecule has 0 saturated carbocycles. The number of benzene rings is 1. The van der Waals surface area contributed by atoms with E-state index in [1.165, 1.54) is 11.7 Å². The smallest absolute Gasteiger partial charge is 0.273 e. The van der Waals surface area contributed by atoms with Crippen molar-refractivity contribution in [1.82, 2.24) is 24.9 Å². The zero-order chi connectivity index (χ0) is 20.4. The highest BCUT2D eigenvalue weighted by atomic mass is 35.5. The molecule has 0 unspecified atom stereocenters. The van der Waals surface area contributed by atoms with Gasteiger partial charge in [-0.2, -0.15) is 10.2 Å². The Labute approximate surface area is 167 Å². The van der Waals surface area contributed by atoms with Crippen molar-refractivity contribution < 1.29 is 9.59 Å². The second-order valence-corrected chi connectivity index (χ2v) is 6.82. The molecular formula is C19H21ClN6O2. The van der Waals surface area contributed by atoms with Gasteiger partial charge in [-0.15, -0.1) is 0 Å². The number of nitrogens with zero attached hydrogens (tertiary/aromatic N) is 4. The maximum Gasteiger partial charge on any atom is 0.273 e. The van der Waals surface area contributed by atoms with Crippen molar-refractivity contribution in [2.75, 3.05) is 12.4 Å². The normalized spacial score (nSPS) is 10.8. The maximum absolute atomic E-state index is 12.7. The minimum atomic E-state index is -0.369. The van der Waals surface area contributed by atoms with E-state index in [0.29, 0.717) is 22.8 Å². The average molecular weight is 401 g/mol. The summed E-state index contributed by atoms with van der Waals surface area (Å²) in [5.74, 6) is -0.697. The number of halogens is 1. The number of anilines is 1. The summed E-state index contributed by atoms with van der Waals surface area (Å²) >= 11 is 6.20. The summed E-state index contributed by atoms with van der Waals surface area (Å²) in [6.07, 6.45) is 1.59. The zero-order valence-electron chi connectivity index (χ0n) is 16.1. The molecule has 0 fully saturated rings. The van der Waals surface area contributed by atoms with E-state index in [-0.39, 0.29) is 17.5 Å². The third kappa shape index (κ3) is 3.91. The van der Waals surface area contributed by atoms with E-state index in [2.05, 4.69) is 20.8 Å². The molecule has 0 aliphatic carbocycles. The molecule has 0 saturated heterocycles. The van der Waals surface area contributed by atoms with Crippen LogP contribution in [0.3, 0.4) is 0 Å². The number of nitrogens with one attached hydrogen (secondary N) is 2. The number of carbonyl (C=O) groups is 2. The molecule has 0 atom stereocenters. The highest BCUT2D eigenvalue weighted by molar-refractivity contribution is 6.31. The van der Waals surface area contributed by atoms with Gasteiger partial charge < -0.3 is 10.6 Å². The molecule has 2 N–H and O–H groups in total. The molecule has 0 radical (unpaired) electrons. The summed E-state index contributed by atoms with van der Waals surface area (Å²) in [5.41, 5.74) is 3.53. The minimum absolute atomic E-state index is 0.159. The topological polar surface area (TPSA) is 93.8 Å². The Morgan fingerprint density at radius 3 is 2.57 bits per heavy atom. The summed E-state index contributed by atoms with van der Waals surface area (Å²) in [5, 5.41) is 14.4. The molecule has 2 amide bonds. The van der Waals surface area contributed by atoms with E-state index >= 15 is 0 Å². The van der Waals surface area contributed by atoms with Crippen LogP contribution in [0.4, 0.5) is 5.69 Å². The van der Waals surface area contributed by atoms with Crippen LogP contribution in [0.1, 0.15) is 37.8 Å². The van der Waals surface area contributed by atoms with Gasteiger partial charge >= 0.3 is 0 Å². The molecule has 28 heavy (non-hydrogen) atoms. The van der Waals surface area contributed by atoms with E-state index < -0.39 is 0 Å². The van der Waals surface area contributed by atoms with Gasteiger partial charge in [-0.05, 0) is 31.5 Å². The molecule has 1 aromatic carbocycles. The lowest BCUT2D eigenvalue weighted by Crippen LogP contribution is -2.21. The minimum Gasteiger partial charge on any atom is -0.354 e. The zero-order valence-corrected chi connectivity index (χ0v) is 16.8. The van der Waals surface area contributed by atoms with Crippen molar-refractivity contribution in [2.45, 2.75) is 20.4 Å². The average Bonchev–Trinajstić information content (AvgIpc) is 3.15. The van der Waals surface area contributed by atoms with Crippen molar-refractivity contribution in [3.63, 3.8) is 0 Å². The molecule has 0 spiro atoms. The van der Waals surface area contributed by atoms with Gasteiger partial charge in [0.15, 0.2) is 5.69 Å². The number of hydrogen-bond acceptors (Lipinski definition) is 4. The van der Waals surface area contributed by atoms with Gasteiger partial charge in [0.25, 0.3) is 11.8 Å². The first-order valence-electron chi connectivity index (χ1n) is 8.65. The Bertz CT molecular complexity index is 1050. The van der Waals surface area contributed by atoms with E-state index in [4.69, 9.17) is 11.6 Å². The second-order valence-electron chi connectivity index (χ2n) is 6.44. The van der Waals surface area contributed by atoms with Gasteiger partial charge in [0.1, 0.15) is 0 Å². The van der Waals surface area contributed by atoms with Crippen LogP contribution in [0.5, 0.6) is 0 Å². The summed E-state index contributed by atoms with van der Waals surface area (Å²) in [4.78, 5) is 24.6. The van der Waals surface area contributed by atoms with Crippen LogP contribution < -0.4 is 10.6 Å². The monoisotopic (exact) mass is 400 g/mol. The Morgan fingerprint density at radius 2 is 1.93 bits per heavy atom. The second kappa shape index (κ2) is 7.85. The third-order valence-electron chi connectivity index (χ3n) is 4.33. The van der Waals surface area contributed by atoms with E-state index in [1.807, 2.05) is 19.9 Å². The number of amides is 2. The van der Waals surface area contributed by atoms with Gasteiger partial charge in [-0.25, -0.2) is 0 Å². The molecular weight excluding hydrogens is 380 g/mol. The first-order chi connectivity index (χ1) is 13.3. The number of aryl methyl sites for hydroxylation is 2. The first-order valence-corrected chi connectivity index (χ1v) is 9.03. The van der Waals surface area contributed by atoms with Crippen LogP contribution in [0.25, 0.3) is 0 Å². The van der Waals surface area contributed by atoms with Crippen LogP contribution in [0.15, 0.2) is 30.5 Å². The van der Waals surface area contributed by atoms with Gasteiger partial charge in [0, 0.05) is 25.9 Å². The van der Waals surface area contributed by atoms with Crippen LogP contribution in [0.2, 0.25) is 5.02 Å². The molecule has 3 aromatic rings. The van der Waals surface area contributed by atoms with E-state index in [1.54, 1.807) is 36.1 Å². The van der Waals surface area contributed by atoms with Crippen molar-refractivity contribution in [1.29, 1.82) is 0 Å². The summed E-state index contributed by atoms with van der Waals surface area (Å²) in [7, 11) is 3.19. The predicted octanol–water partition coefficient (Wildman–Crippen LogP) is 2.55. The lowest BCUT2D eigenvalue weighted by molar-refractivity contribution is 0.0958. The van der Waals surface area contributed by atoms with Gasteiger partial charge in [-0.1, -0.05) is 23.7 Å². The molecule has 0 aliphatic rings. The van der Waals surface area contributed by atoms with Crippen LogP contribution in [-0.2, 0) is 13.6 Å². The Hall–Kier alpha value is -3.13.